The van der Waals surface area contributed by atoms with Crippen LogP contribution in [-0.2, 0) is 0 Å². The van der Waals surface area contributed by atoms with Crippen molar-refractivity contribution < 1.29 is 18.7 Å². The predicted molar refractivity (Wildman–Crippen MR) is 85.1 cm³/mol. The van der Waals surface area contributed by atoms with Crippen molar-refractivity contribution in [2.24, 2.45) is 0 Å². The summed E-state index contributed by atoms with van der Waals surface area (Å²) in [6.45, 7) is 1.94. The summed E-state index contributed by atoms with van der Waals surface area (Å²) in [5.74, 6) is -0.0491. The van der Waals surface area contributed by atoms with Crippen molar-refractivity contribution in [3.05, 3.63) is 53.4 Å². The van der Waals surface area contributed by atoms with Gasteiger partial charge in [0.25, 0.3) is 5.91 Å². The van der Waals surface area contributed by atoms with Gasteiger partial charge in [0.2, 0.25) is 5.88 Å². The second-order valence-corrected chi connectivity index (χ2v) is 4.97. The first-order valence-electron chi connectivity index (χ1n) is 6.92. The Morgan fingerprint density at radius 1 is 1.26 bits per heavy atom. The second-order valence-electron chi connectivity index (χ2n) is 4.97. The van der Waals surface area contributed by atoms with E-state index in [1.165, 1.54) is 13.3 Å². The number of hydrogen-bond acceptors (Lipinski definition) is 5. The van der Waals surface area contributed by atoms with Crippen molar-refractivity contribution in [3.8, 4) is 5.88 Å². The molecule has 0 aliphatic carbocycles. The molecule has 1 N–H and O–H groups in total. The van der Waals surface area contributed by atoms with Gasteiger partial charge in [0.15, 0.2) is 12.0 Å². The zero-order valence-electron chi connectivity index (χ0n) is 12.6. The van der Waals surface area contributed by atoms with Gasteiger partial charge >= 0.3 is 0 Å². The highest BCUT2D eigenvalue weighted by Crippen LogP contribution is 2.35. The normalized spacial score (nSPS) is 10.5. The molecule has 0 fully saturated rings. The molecule has 6 heteroatoms. The molecule has 0 atom stereocenters. The molecule has 1 amide bonds. The van der Waals surface area contributed by atoms with Crippen molar-refractivity contribution >= 4 is 28.8 Å². The highest BCUT2D eigenvalue weighted by atomic mass is 16.5. The SMILES string of the molecule is COc1nccc2oc(C=O)c(NC(=O)c3ccc(C)cc3)c12. The number of nitrogens with one attached hydrogen (secondary N) is 1. The Kier molecular flexibility index (Phi) is 3.80. The summed E-state index contributed by atoms with van der Waals surface area (Å²) < 4.78 is 10.6. The van der Waals surface area contributed by atoms with E-state index in [-0.39, 0.29) is 23.2 Å². The van der Waals surface area contributed by atoms with Gasteiger partial charge in [-0.2, -0.15) is 0 Å². The first kappa shape index (κ1) is 14.8. The van der Waals surface area contributed by atoms with Crippen LogP contribution in [0.15, 0.2) is 40.9 Å². The van der Waals surface area contributed by atoms with Crippen molar-refractivity contribution in [2.45, 2.75) is 6.92 Å². The molecule has 1 aromatic carbocycles. The highest BCUT2D eigenvalue weighted by molar-refractivity contribution is 6.12. The zero-order chi connectivity index (χ0) is 16.4. The number of amides is 1. The van der Waals surface area contributed by atoms with Crippen LogP contribution in [0.25, 0.3) is 11.0 Å². The van der Waals surface area contributed by atoms with Gasteiger partial charge in [-0.1, -0.05) is 17.7 Å². The molecule has 0 unspecified atom stereocenters. The third-order valence-corrected chi connectivity index (χ3v) is 3.45. The number of ether oxygens (including phenoxy) is 1. The lowest BCUT2D eigenvalue weighted by molar-refractivity contribution is 0.102. The molecule has 0 bridgehead atoms. The smallest absolute Gasteiger partial charge is 0.255 e. The largest absolute Gasteiger partial charge is 0.480 e. The molecule has 0 saturated heterocycles. The molecule has 116 valence electrons. The Balaban J connectivity index is 2.06. The number of anilines is 1. The number of methoxy groups -OCH3 is 1. The molecule has 0 aliphatic heterocycles. The van der Waals surface area contributed by atoms with Crippen LogP contribution in [0.4, 0.5) is 5.69 Å². The average Bonchev–Trinajstić information content (AvgIpc) is 2.93. The number of benzene rings is 1. The van der Waals surface area contributed by atoms with Crippen molar-refractivity contribution in [2.75, 3.05) is 12.4 Å². The van der Waals surface area contributed by atoms with Crippen LogP contribution in [0.1, 0.15) is 26.5 Å². The number of aldehydes is 1. The number of nitrogens with zero attached hydrogens (tertiary/aromatic N) is 1. The predicted octanol–water partition coefficient (Wildman–Crippen LogP) is 3.21. The molecule has 0 radical (unpaired) electrons. The van der Waals surface area contributed by atoms with Crippen LogP contribution >= 0.6 is 0 Å². The van der Waals surface area contributed by atoms with Gasteiger partial charge in [-0.25, -0.2) is 4.98 Å². The van der Waals surface area contributed by atoms with Crippen LogP contribution in [0, 0.1) is 6.92 Å². The third kappa shape index (κ3) is 2.66. The third-order valence-electron chi connectivity index (χ3n) is 3.45. The summed E-state index contributed by atoms with van der Waals surface area (Å²) >= 11 is 0. The van der Waals surface area contributed by atoms with E-state index in [1.807, 2.05) is 19.1 Å². The van der Waals surface area contributed by atoms with E-state index in [1.54, 1.807) is 18.2 Å². The molecule has 6 nitrogen and oxygen atoms in total. The molecular weight excluding hydrogens is 296 g/mol. The van der Waals surface area contributed by atoms with Crippen molar-refractivity contribution in [1.29, 1.82) is 0 Å². The maximum Gasteiger partial charge on any atom is 0.255 e. The average molecular weight is 310 g/mol. The lowest BCUT2D eigenvalue weighted by atomic mass is 10.1. The Hall–Kier alpha value is -3.15. The van der Waals surface area contributed by atoms with E-state index >= 15 is 0 Å². The van der Waals surface area contributed by atoms with E-state index in [0.717, 1.165) is 5.56 Å². The Morgan fingerprint density at radius 2 is 2.00 bits per heavy atom. The van der Waals surface area contributed by atoms with Crippen molar-refractivity contribution in [1.82, 2.24) is 4.98 Å². The van der Waals surface area contributed by atoms with E-state index in [2.05, 4.69) is 10.3 Å². The van der Waals surface area contributed by atoms with Crippen LogP contribution in [0.5, 0.6) is 5.88 Å². The van der Waals surface area contributed by atoms with Gasteiger partial charge in [-0.05, 0) is 19.1 Å². The monoisotopic (exact) mass is 310 g/mol. The number of rotatable bonds is 4. The van der Waals surface area contributed by atoms with Crippen LogP contribution in [0.3, 0.4) is 0 Å². The number of pyridine rings is 1. The number of hydrogen-bond donors (Lipinski definition) is 1. The minimum absolute atomic E-state index is 0.0201. The number of furan rings is 1. The first-order chi connectivity index (χ1) is 11.1. The molecule has 2 heterocycles. The summed E-state index contributed by atoms with van der Waals surface area (Å²) in [6, 6.07) is 8.70. The van der Waals surface area contributed by atoms with Gasteiger partial charge in [0.05, 0.1) is 7.11 Å². The molecule has 0 aliphatic rings. The minimum atomic E-state index is -0.346. The molecule has 2 aromatic heterocycles. The Bertz CT molecular complexity index is 881. The van der Waals surface area contributed by atoms with Crippen LogP contribution < -0.4 is 10.1 Å². The van der Waals surface area contributed by atoms with Gasteiger partial charge in [-0.15, -0.1) is 0 Å². The molecule has 0 saturated carbocycles. The number of aryl methyl sites for hydroxylation is 1. The second kappa shape index (κ2) is 5.92. The summed E-state index contributed by atoms with van der Waals surface area (Å²) in [5.41, 5.74) is 2.20. The summed E-state index contributed by atoms with van der Waals surface area (Å²) in [4.78, 5) is 27.7. The lowest BCUT2D eigenvalue weighted by Gasteiger charge is -2.06. The fourth-order valence-corrected chi connectivity index (χ4v) is 2.29. The lowest BCUT2D eigenvalue weighted by Crippen LogP contribution is -2.12. The fourth-order valence-electron chi connectivity index (χ4n) is 2.29. The molecule has 23 heavy (non-hydrogen) atoms. The standard InChI is InChI=1S/C17H14N2O4/c1-10-3-5-11(6-4-10)16(21)19-15-13(9-20)23-12-7-8-18-17(22-2)14(12)15/h3-9H,1-2H3,(H,19,21). The van der Waals surface area contributed by atoms with Gasteiger partial charge in [-0.3, -0.25) is 9.59 Å². The summed E-state index contributed by atoms with van der Waals surface area (Å²) in [6.07, 6.45) is 2.05. The zero-order valence-corrected chi connectivity index (χ0v) is 12.6. The first-order valence-corrected chi connectivity index (χ1v) is 6.92. The van der Waals surface area contributed by atoms with Crippen LogP contribution in [-0.4, -0.2) is 24.3 Å². The highest BCUT2D eigenvalue weighted by Gasteiger charge is 2.20. The van der Waals surface area contributed by atoms with Gasteiger partial charge in [0.1, 0.15) is 16.7 Å². The topological polar surface area (TPSA) is 81.4 Å². The summed E-state index contributed by atoms with van der Waals surface area (Å²) in [5, 5.41) is 3.17. The molecular formula is C17H14N2O4. The quantitative estimate of drug-likeness (QED) is 0.748. The van der Waals surface area contributed by atoms with Gasteiger partial charge in [0, 0.05) is 17.8 Å². The number of carbonyl (C=O) groups excluding carboxylic acids is 2. The van der Waals surface area contributed by atoms with Crippen LogP contribution in [0.2, 0.25) is 0 Å². The maximum absolute atomic E-state index is 12.4. The van der Waals surface area contributed by atoms with E-state index in [9.17, 15) is 9.59 Å². The Labute approximate surface area is 132 Å². The number of fused-ring (bicyclic) bond motifs is 1. The molecule has 3 rings (SSSR count). The van der Waals surface area contributed by atoms with E-state index < -0.39 is 0 Å². The van der Waals surface area contributed by atoms with E-state index in [0.29, 0.717) is 22.8 Å². The Morgan fingerprint density at radius 3 is 2.65 bits per heavy atom. The number of carbonyl (C=O) groups is 2. The van der Waals surface area contributed by atoms with E-state index in [4.69, 9.17) is 9.15 Å². The molecule has 3 aromatic rings. The summed E-state index contributed by atoms with van der Waals surface area (Å²) in [7, 11) is 1.46. The van der Waals surface area contributed by atoms with Gasteiger partial charge < -0.3 is 14.5 Å². The molecule has 0 spiro atoms. The fraction of sp³-hybridized carbons (Fsp3) is 0.118. The maximum atomic E-state index is 12.4. The van der Waals surface area contributed by atoms with Crippen molar-refractivity contribution in [3.63, 3.8) is 0 Å². The minimum Gasteiger partial charge on any atom is -0.480 e. The number of aromatic nitrogens is 1.